The molecule has 0 aromatic heterocycles. The standard InChI is InChI=1S/C12H13F3O2/c1-12(2,15)8-5-7(3-4-10(16)17)11(14)9(13)6-8/h5-6H,3-4H2,1-2H3,(H,16,17). The van der Waals surface area contributed by atoms with Gasteiger partial charge in [0.05, 0.1) is 0 Å². The molecule has 0 heterocycles. The lowest BCUT2D eigenvalue weighted by Crippen LogP contribution is -2.12. The first-order valence-electron chi connectivity index (χ1n) is 5.11. The molecule has 2 nitrogen and oxygen atoms in total. The molecule has 0 amide bonds. The van der Waals surface area contributed by atoms with E-state index in [0.717, 1.165) is 6.07 Å². The number of halogens is 3. The van der Waals surface area contributed by atoms with Gasteiger partial charge in [-0.3, -0.25) is 4.79 Å². The second-order valence-electron chi connectivity index (χ2n) is 4.30. The van der Waals surface area contributed by atoms with Gasteiger partial charge in [0.1, 0.15) is 5.67 Å². The van der Waals surface area contributed by atoms with Gasteiger partial charge in [0, 0.05) is 6.42 Å². The molecule has 1 aromatic carbocycles. The van der Waals surface area contributed by atoms with E-state index in [4.69, 9.17) is 5.11 Å². The zero-order chi connectivity index (χ0) is 13.2. The van der Waals surface area contributed by atoms with E-state index in [1.54, 1.807) is 0 Å². The van der Waals surface area contributed by atoms with Crippen molar-refractivity contribution in [2.75, 3.05) is 0 Å². The lowest BCUT2D eigenvalue weighted by atomic mass is 9.96. The van der Waals surface area contributed by atoms with Crippen molar-refractivity contribution in [2.45, 2.75) is 32.4 Å². The Morgan fingerprint density at radius 1 is 1.35 bits per heavy atom. The predicted molar refractivity (Wildman–Crippen MR) is 56.4 cm³/mol. The molecule has 0 fully saturated rings. The molecule has 17 heavy (non-hydrogen) atoms. The number of hydrogen-bond acceptors (Lipinski definition) is 1. The summed E-state index contributed by atoms with van der Waals surface area (Å²) >= 11 is 0. The van der Waals surface area contributed by atoms with Crippen LogP contribution in [0.3, 0.4) is 0 Å². The molecule has 94 valence electrons. The summed E-state index contributed by atoms with van der Waals surface area (Å²) in [4.78, 5) is 10.4. The first-order valence-corrected chi connectivity index (χ1v) is 5.11. The van der Waals surface area contributed by atoms with E-state index in [1.165, 1.54) is 19.9 Å². The van der Waals surface area contributed by atoms with E-state index in [1.807, 2.05) is 0 Å². The van der Waals surface area contributed by atoms with Crippen LogP contribution in [0, 0.1) is 11.6 Å². The molecule has 0 radical (unpaired) electrons. The van der Waals surface area contributed by atoms with Crippen LogP contribution >= 0.6 is 0 Å². The van der Waals surface area contributed by atoms with Crippen LogP contribution in [0.5, 0.6) is 0 Å². The van der Waals surface area contributed by atoms with Gasteiger partial charge in [-0.15, -0.1) is 0 Å². The molecule has 1 rings (SSSR count). The average molecular weight is 246 g/mol. The molecular formula is C12H13F3O2. The SMILES string of the molecule is CC(C)(F)c1cc(F)c(F)c(CCC(=O)O)c1. The normalized spacial score (nSPS) is 11.6. The molecule has 5 heteroatoms. The minimum absolute atomic E-state index is 0.00297. The van der Waals surface area contributed by atoms with Crippen molar-refractivity contribution in [2.24, 2.45) is 0 Å². The van der Waals surface area contributed by atoms with Crippen molar-refractivity contribution in [3.05, 3.63) is 34.9 Å². The third-order valence-electron chi connectivity index (χ3n) is 2.40. The van der Waals surface area contributed by atoms with Crippen molar-refractivity contribution in [3.63, 3.8) is 0 Å². The van der Waals surface area contributed by atoms with Crippen LogP contribution in [0.15, 0.2) is 12.1 Å². The number of carboxylic acids is 1. The van der Waals surface area contributed by atoms with E-state index in [0.29, 0.717) is 0 Å². The van der Waals surface area contributed by atoms with E-state index in [2.05, 4.69) is 0 Å². The summed E-state index contributed by atoms with van der Waals surface area (Å²) in [6.45, 7) is 2.45. The second kappa shape index (κ2) is 4.77. The third-order valence-corrected chi connectivity index (χ3v) is 2.40. The number of hydrogen-bond donors (Lipinski definition) is 1. The van der Waals surface area contributed by atoms with Gasteiger partial charge in [-0.05, 0) is 43.5 Å². The quantitative estimate of drug-likeness (QED) is 0.885. The minimum atomic E-state index is -1.80. The highest BCUT2D eigenvalue weighted by molar-refractivity contribution is 5.67. The number of rotatable bonds is 4. The number of aryl methyl sites for hydroxylation is 1. The Hall–Kier alpha value is -1.52. The van der Waals surface area contributed by atoms with Crippen molar-refractivity contribution < 1.29 is 23.1 Å². The van der Waals surface area contributed by atoms with Crippen molar-refractivity contribution in [1.82, 2.24) is 0 Å². The minimum Gasteiger partial charge on any atom is -0.481 e. The van der Waals surface area contributed by atoms with E-state index >= 15 is 0 Å². The highest BCUT2D eigenvalue weighted by Crippen LogP contribution is 2.28. The Morgan fingerprint density at radius 2 is 1.94 bits per heavy atom. The fourth-order valence-electron chi connectivity index (χ4n) is 1.41. The first-order chi connectivity index (χ1) is 7.71. The average Bonchev–Trinajstić information content (AvgIpc) is 2.18. The molecule has 0 spiro atoms. The Labute approximate surface area is 97.1 Å². The van der Waals surface area contributed by atoms with Crippen molar-refractivity contribution in [1.29, 1.82) is 0 Å². The summed E-state index contributed by atoms with van der Waals surface area (Å²) in [5.74, 6) is -3.39. The zero-order valence-electron chi connectivity index (χ0n) is 9.56. The van der Waals surface area contributed by atoms with Crippen LogP contribution in [-0.4, -0.2) is 11.1 Å². The van der Waals surface area contributed by atoms with Crippen molar-refractivity contribution >= 4 is 5.97 Å². The maximum atomic E-state index is 13.6. The number of carboxylic acid groups (broad SMARTS) is 1. The molecule has 0 bridgehead atoms. The third kappa shape index (κ3) is 3.47. The number of carbonyl (C=O) groups is 1. The number of aliphatic carboxylic acids is 1. The lowest BCUT2D eigenvalue weighted by Gasteiger charge is -2.16. The van der Waals surface area contributed by atoms with Gasteiger partial charge in [0.2, 0.25) is 0 Å². The summed E-state index contributed by atoms with van der Waals surface area (Å²) in [5.41, 5.74) is -1.92. The van der Waals surface area contributed by atoms with Gasteiger partial charge in [-0.25, -0.2) is 13.2 Å². The molecule has 1 aromatic rings. The number of benzene rings is 1. The Balaban J connectivity index is 3.11. The molecule has 0 aliphatic rings. The second-order valence-corrected chi connectivity index (χ2v) is 4.30. The van der Waals surface area contributed by atoms with Crippen molar-refractivity contribution in [3.8, 4) is 0 Å². The highest BCUT2D eigenvalue weighted by Gasteiger charge is 2.22. The summed E-state index contributed by atoms with van der Waals surface area (Å²) in [5, 5.41) is 8.47. The van der Waals surface area contributed by atoms with Crippen LogP contribution in [0.1, 0.15) is 31.4 Å². The fourth-order valence-corrected chi connectivity index (χ4v) is 1.41. The molecule has 0 unspecified atom stereocenters. The van der Waals surface area contributed by atoms with E-state index < -0.39 is 23.3 Å². The smallest absolute Gasteiger partial charge is 0.303 e. The highest BCUT2D eigenvalue weighted by atomic mass is 19.2. The summed E-state index contributed by atoms with van der Waals surface area (Å²) in [6.07, 6.45) is -0.492. The van der Waals surface area contributed by atoms with Gasteiger partial charge in [0.25, 0.3) is 0 Å². The first kappa shape index (κ1) is 13.5. The molecule has 0 atom stereocenters. The Morgan fingerprint density at radius 3 is 2.41 bits per heavy atom. The maximum absolute atomic E-state index is 13.6. The van der Waals surface area contributed by atoms with Crippen LogP contribution in [0.4, 0.5) is 13.2 Å². The van der Waals surface area contributed by atoms with Gasteiger partial charge >= 0.3 is 5.97 Å². The summed E-state index contributed by atoms with van der Waals surface area (Å²) in [6, 6.07) is 1.96. The van der Waals surface area contributed by atoms with Gasteiger partial charge in [-0.1, -0.05) is 0 Å². The Kier molecular flexibility index (Phi) is 3.80. The maximum Gasteiger partial charge on any atom is 0.303 e. The Bertz CT molecular complexity index is 436. The van der Waals surface area contributed by atoms with Crippen LogP contribution in [0.25, 0.3) is 0 Å². The molecule has 1 N–H and O–H groups in total. The van der Waals surface area contributed by atoms with Gasteiger partial charge in [-0.2, -0.15) is 0 Å². The number of alkyl halides is 1. The molecule has 0 saturated carbocycles. The van der Waals surface area contributed by atoms with Crippen LogP contribution < -0.4 is 0 Å². The monoisotopic (exact) mass is 246 g/mol. The van der Waals surface area contributed by atoms with Crippen LogP contribution in [-0.2, 0) is 16.9 Å². The lowest BCUT2D eigenvalue weighted by molar-refractivity contribution is -0.136. The predicted octanol–water partition coefficient (Wildman–Crippen LogP) is 3.19. The zero-order valence-corrected chi connectivity index (χ0v) is 9.56. The summed E-state index contributed by atoms with van der Waals surface area (Å²) in [7, 11) is 0. The topological polar surface area (TPSA) is 37.3 Å². The molecule has 0 saturated heterocycles. The molecular weight excluding hydrogens is 233 g/mol. The van der Waals surface area contributed by atoms with Crippen LogP contribution in [0.2, 0.25) is 0 Å². The van der Waals surface area contributed by atoms with E-state index in [9.17, 15) is 18.0 Å². The van der Waals surface area contributed by atoms with Gasteiger partial charge in [0.15, 0.2) is 11.6 Å². The van der Waals surface area contributed by atoms with E-state index in [-0.39, 0.29) is 24.0 Å². The van der Waals surface area contributed by atoms with Gasteiger partial charge < -0.3 is 5.11 Å². The fraction of sp³-hybridized carbons (Fsp3) is 0.417. The molecule has 0 aliphatic carbocycles. The molecule has 0 aliphatic heterocycles. The summed E-state index contributed by atoms with van der Waals surface area (Å²) < 4.78 is 40.1. The largest absolute Gasteiger partial charge is 0.481 e.